The zero-order valence-corrected chi connectivity index (χ0v) is 12.0. The van der Waals surface area contributed by atoms with E-state index in [1.807, 2.05) is 12.1 Å². The number of carbonyl (C=O) groups is 1. The quantitative estimate of drug-likeness (QED) is 0.796. The van der Waals surface area contributed by atoms with Gasteiger partial charge >= 0.3 is 0 Å². The molecule has 1 aliphatic heterocycles. The van der Waals surface area contributed by atoms with E-state index >= 15 is 0 Å². The summed E-state index contributed by atoms with van der Waals surface area (Å²) < 4.78 is 22.1. The van der Waals surface area contributed by atoms with Crippen molar-refractivity contribution >= 4 is 16.7 Å². The minimum Gasteiger partial charge on any atom is -0.354 e. The van der Waals surface area contributed by atoms with Crippen LogP contribution in [0.25, 0.3) is 0 Å². The van der Waals surface area contributed by atoms with Crippen LogP contribution in [0.2, 0.25) is 0 Å². The van der Waals surface area contributed by atoms with E-state index in [1.54, 1.807) is 12.1 Å². The number of nitrogens with zero attached hydrogens (tertiary/aromatic N) is 1. The van der Waals surface area contributed by atoms with Gasteiger partial charge in [0, 0.05) is 13.1 Å². The van der Waals surface area contributed by atoms with Crippen LogP contribution in [0.4, 0.5) is 0 Å². The molecule has 1 aromatic rings. The van der Waals surface area contributed by atoms with Crippen LogP contribution >= 0.6 is 10.8 Å². The van der Waals surface area contributed by atoms with Crippen molar-refractivity contribution in [1.82, 2.24) is 9.62 Å². The molecule has 1 saturated heterocycles. The van der Waals surface area contributed by atoms with Crippen LogP contribution in [-0.4, -0.2) is 39.0 Å². The molecule has 0 bridgehead atoms. The second-order valence-electron chi connectivity index (χ2n) is 4.96. The number of nitrogens with one attached hydrogen (secondary N) is 1. The maximum atomic E-state index is 11.3. The van der Waals surface area contributed by atoms with Crippen molar-refractivity contribution < 1.29 is 13.9 Å². The molecule has 106 valence electrons. The molecular weight excluding hydrogens is 264 g/mol. The highest BCUT2D eigenvalue weighted by atomic mass is 32.3. The molecule has 0 atom stereocenters. The zero-order chi connectivity index (χ0) is 14.0. The Bertz CT molecular complexity index is 459. The van der Waals surface area contributed by atoms with Crippen LogP contribution in [-0.2, 0) is 4.79 Å². The Morgan fingerprint density at radius 1 is 1.26 bits per heavy atom. The molecule has 0 radical (unpaired) electrons. The van der Waals surface area contributed by atoms with Crippen LogP contribution in [0, 0.1) is 0 Å². The molecule has 0 aliphatic carbocycles. The van der Waals surface area contributed by atoms with E-state index in [0.29, 0.717) is 23.9 Å². The molecule has 0 saturated carbocycles. The van der Waals surface area contributed by atoms with E-state index in [1.165, 1.54) is 4.31 Å². The van der Waals surface area contributed by atoms with Gasteiger partial charge in [0.1, 0.15) is 0 Å². The molecule has 5 nitrogen and oxygen atoms in total. The summed E-state index contributed by atoms with van der Waals surface area (Å²) in [5, 5.41) is 2.67. The first kappa shape index (κ1) is 14.3. The van der Waals surface area contributed by atoms with Crippen molar-refractivity contribution in [3.05, 3.63) is 29.8 Å². The summed E-state index contributed by atoms with van der Waals surface area (Å²) in [6.45, 7) is 5.08. The molecule has 19 heavy (non-hydrogen) atoms. The summed E-state index contributed by atoms with van der Waals surface area (Å²) in [4.78, 5) is 11.8. The van der Waals surface area contributed by atoms with Gasteiger partial charge in [0.25, 0.3) is 0 Å². The van der Waals surface area contributed by atoms with Gasteiger partial charge < -0.3 is 5.32 Å². The summed E-state index contributed by atoms with van der Waals surface area (Å²) >= 11 is 0. The molecule has 1 fully saturated rings. The van der Waals surface area contributed by atoms with Crippen molar-refractivity contribution in [3.8, 4) is 0 Å². The van der Waals surface area contributed by atoms with Crippen molar-refractivity contribution in [3.63, 3.8) is 0 Å². The highest BCUT2D eigenvalue weighted by Gasteiger charge is 2.29. The molecule has 2 rings (SSSR count). The number of rotatable bonds is 3. The standard InChI is InChI=1S/C13H20N2O3S/c1-10(2)11-3-5-12(6-4-11)19(17,18)15-8-7-14-13(16)9-15/h3-6,10,17-18H,7-9H2,1-2H3,(H,14,16). The van der Waals surface area contributed by atoms with Crippen LogP contribution in [0.1, 0.15) is 25.3 Å². The van der Waals surface area contributed by atoms with E-state index in [2.05, 4.69) is 19.2 Å². The Balaban J connectivity index is 2.20. The molecule has 1 aliphatic rings. The molecule has 0 spiro atoms. The van der Waals surface area contributed by atoms with Crippen LogP contribution in [0.5, 0.6) is 0 Å². The largest absolute Gasteiger partial charge is 0.354 e. The first-order chi connectivity index (χ1) is 8.91. The molecular formula is C13H20N2O3S. The highest BCUT2D eigenvalue weighted by Crippen LogP contribution is 2.51. The Kier molecular flexibility index (Phi) is 4.15. The lowest BCUT2D eigenvalue weighted by atomic mass is 10.0. The van der Waals surface area contributed by atoms with Crippen LogP contribution in [0.15, 0.2) is 29.2 Å². The highest BCUT2D eigenvalue weighted by molar-refractivity contribution is 8.22. The van der Waals surface area contributed by atoms with Gasteiger partial charge in [0.2, 0.25) is 5.91 Å². The predicted molar refractivity (Wildman–Crippen MR) is 76.2 cm³/mol. The fourth-order valence-electron chi connectivity index (χ4n) is 2.02. The van der Waals surface area contributed by atoms with Gasteiger partial charge in [0.05, 0.1) is 11.4 Å². The molecule has 0 unspecified atom stereocenters. The lowest BCUT2D eigenvalue weighted by molar-refractivity contribution is -0.122. The number of benzene rings is 1. The van der Waals surface area contributed by atoms with E-state index in [9.17, 15) is 13.9 Å². The first-order valence-corrected chi connectivity index (χ1v) is 7.81. The molecule has 6 heteroatoms. The normalized spacial score (nSPS) is 18.5. The van der Waals surface area contributed by atoms with Crippen molar-refractivity contribution in [2.45, 2.75) is 24.7 Å². The van der Waals surface area contributed by atoms with Crippen molar-refractivity contribution in [2.24, 2.45) is 0 Å². The van der Waals surface area contributed by atoms with Gasteiger partial charge in [-0.1, -0.05) is 26.0 Å². The minimum absolute atomic E-state index is 0.0221. The summed E-state index contributed by atoms with van der Waals surface area (Å²) in [6, 6.07) is 7.27. The predicted octanol–water partition coefficient (Wildman–Crippen LogP) is 2.27. The van der Waals surface area contributed by atoms with Gasteiger partial charge in [-0.15, -0.1) is 10.8 Å². The monoisotopic (exact) mass is 284 g/mol. The lowest BCUT2D eigenvalue weighted by Gasteiger charge is -2.44. The fraction of sp³-hybridized carbons (Fsp3) is 0.462. The van der Waals surface area contributed by atoms with E-state index in [-0.39, 0.29) is 12.5 Å². The number of carbonyl (C=O) groups excluding carboxylic acids is 1. The third-order valence-corrected chi connectivity index (χ3v) is 5.16. The van der Waals surface area contributed by atoms with E-state index in [0.717, 1.165) is 5.56 Å². The van der Waals surface area contributed by atoms with Crippen LogP contribution < -0.4 is 5.32 Å². The van der Waals surface area contributed by atoms with Crippen LogP contribution in [0.3, 0.4) is 0 Å². The van der Waals surface area contributed by atoms with Gasteiger partial charge in [0.15, 0.2) is 0 Å². The molecule has 3 N–H and O–H groups in total. The van der Waals surface area contributed by atoms with E-state index < -0.39 is 10.8 Å². The maximum Gasteiger partial charge on any atom is 0.235 e. The fourth-order valence-corrected chi connectivity index (χ4v) is 3.46. The summed E-state index contributed by atoms with van der Waals surface area (Å²) in [5.41, 5.74) is 1.15. The zero-order valence-electron chi connectivity index (χ0n) is 11.2. The number of amides is 1. The van der Waals surface area contributed by atoms with Crippen molar-refractivity contribution in [2.75, 3.05) is 19.6 Å². The molecule has 1 heterocycles. The van der Waals surface area contributed by atoms with E-state index in [4.69, 9.17) is 0 Å². The smallest absolute Gasteiger partial charge is 0.235 e. The van der Waals surface area contributed by atoms with Gasteiger partial charge in [-0.05, 0) is 23.6 Å². The first-order valence-electron chi connectivity index (χ1n) is 6.31. The minimum atomic E-state index is -3.06. The number of piperazine rings is 1. The SMILES string of the molecule is CC(C)c1ccc(S(O)(O)N2CCNC(=O)C2)cc1. The number of hydrogen-bond donors (Lipinski definition) is 3. The van der Waals surface area contributed by atoms with Gasteiger partial charge in [-0.25, -0.2) is 0 Å². The molecule has 1 aromatic carbocycles. The Morgan fingerprint density at radius 3 is 2.42 bits per heavy atom. The third kappa shape index (κ3) is 3.09. The van der Waals surface area contributed by atoms with Gasteiger partial charge in [-0.3, -0.25) is 13.9 Å². The summed E-state index contributed by atoms with van der Waals surface area (Å²) in [5.74, 6) is 0.224. The maximum absolute atomic E-state index is 11.3. The molecule has 0 aromatic heterocycles. The Morgan fingerprint density at radius 2 is 1.89 bits per heavy atom. The Labute approximate surface area is 115 Å². The second-order valence-corrected chi connectivity index (χ2v) is 6.98. The summed E-state index contributed by atoms with van der Waals surface area (Å²) in [7, 11) is -3.06. The average Bonchev–Trinajstić information content (AvgIpc) is 2.39. The lowest BCUT2D eigenvalue weighted by Crippen LogP contribution is -2.48. The number of hydrogen-bond acceptors (Lipinski definition) is 4. The van der Waals surface area contributed by atoms with Crippen molar-refractivity contribution in [1.29, 1.82) is 0 Å². The summed E-state index contributed by atoms with van der Waals surface area (Å²) in [6.07, 6.45) is 0. The third-order valence-electron chi connectivity index (χ3n) is 3.23. The topological polar surface area (TPSA) is 72.8 Å². The average molecular weight is 284 g/mol. The Hall–Kier alpha value is -1.08. The molecule has 1 amide bonds. The van der Waals surface area contributed by atoms with Gasteiger partial charge in [-0.2, -0.15) is 4.31 Å². The second kappa shape index (κ2) is 5.50.